The van der Waals surface area contributed by atoms with Gasteiger partial charge in [-0.2, -0.15) is 5.10 Å². The molecule has 4 nitrogen and oxygen atoms in total. The Morgan fingerprint density at radius 1 is 1.44 bits per heavy atom. The molecule has 0 aromatic carbocycles. The van der Waals surface area contributed by atoms with E-state index >= 15 is 0 Å². The SMILES string of the molecule is CCC(C)c1cc(N2CCCNCC2)n[nH]1. The highest BCUT2D eigenvalue weighted by Gasteiger charge is 2.14. The van der Waals surface area contributed by atoms with Gasteiger partial charge in [0.15, 0.2) is 5.82 Å². The fourth-order valence-corrected chi connectivity index (χ4v) is 2.03. The van der Waals surface area contributed by atoms with Gasteiger partial charge in [-0.3, -0.25) is 5.10 Å². The second-order valence-corrected chi connectivity index (χ2v) is 4.58. The summed E-state index contributed by atoms with van der Waals surface area (Å²) < 4.78 is 0. The molecule has 2 rings (SSSR count). The van der Waals surface area contributed by atoms with Gasteiger partial charge in [0.1, 0.15) is 0 Å². The number of nitrogens with one attached hydrogen (secondary N) is 2. The van der Waals surface area contributed by atoms with Crippen LogP contribution in [-0.4, -0.2) is 36.4 Å². The molecule has 0 radical (unpaired) electrons. The van der Waals surface area contributed by atoms with E-state index < -0.39 is 0 Å². The zero-order chi connectivity index (χ0) is 11.4. The summed E-state index contributed by atoms with van der Waals surface area (Å²) in [6, 6.07) is 2.21. The van der Waals surface area contributed by atoms with Crippen LogP contribution in [0.5, 0.6) is 0 Å². The summed E-state index contributed by atoms with van der Waals surface area (Å²) in [7, 11) is 0. The molecule has 1 aromatic rings. The lowest BCUT2D eigenvalue weighted by molar-refractivity contribution is 0.703. The van der Waals surface area contributed by atoms with Gasteiger partial charge in [-0.05, 0) is 25.3 Å². The Morgan fingerprint density at radius 3 is 3.12 bits per heavy atom. The first kappa shape index (κ1) is 11.5. The Balaban J connectivity index is 2.05. The van der Waals surface area contributed by atoms with Crippen LogP contribution in [0.2, 0.25) is 0 Å². The summed E-state index contributed by atoms with van der Waals surface area (Å²) in [5.41, 5.74) is 1.26. The van der Waals surface area contributed by atoms with Crippen molar-refractivity contribution in [1.82, 2.24) is 15.5 Å². The average Bonchev–Trinajstić information content (AvgIpc) is 2.64. The van der Waals surface area contributed by atoms with Gasteiger partial charge >= 0.3 is 0 Å². The predicted octanol–water partition coefficient (Wildman–Crippen LogP) is 1.72. The summed E-state index contributed by atoms with van der Waals surface area (Å²) in [5, 5.41) is 11.0. The smallest absolute Gasteiger partial charge is 0.150 e. The van der Waals surface area contributed by atoms with Gasteiger partial charge < -0.3 is 10.2 Å². The van der Waals surface area contributed by atoms with Crippen molar-refractivity contribution in [2.75, 3.05) is 31.1 Å². The molecule has 2 heterocycles. The van der Waals surface area contributed by atoms with Crippen molar-refractivity contribution in [2.24, 2.45) is 0 Å². The molecule has 0 aliphatic carbocycles. The topological polar surface area (TPSA) is 44.0 Å². The van der Waals surface area contributed by atoms with Crippen LogP contribution in [0, 0.1) is 0 Å². The van der Waals surface area contributed by atoms with Crippen molar-refractivity contribution < 1.29 is 0 Å². The summed E-state index contributed by atoms with van der Waals surface area (Å²) in [4.78, 5) is 2.36. The zero-order valence-corrected chi connectivity index (χ0v) is 10.3. The summed E-state index contributed by atoms with van der Waals surface area (Å²) in [5.74, 6) is 1.69. The van der Waals surface area contributed by atoms with Gasteiger partial charge in [0, 0.05) is 31.4 Å². The van der Waals surface area contributed by atoms with E-state index in [1.807, 2.05) is 0 Å². The van der Waals surface area contributed by atoms with E-state index in [-0.39, 0.29) is 0 Å². The highest BCUT2D eigenvalue weighted by molar-refractivity contribution is 5.40. The molecular formula is C12H22N4. The van der Waals surface area contributed by atoms with Crippen molar-refractivity contribution in [2.45, 2.75) is 32.6 Å². The number of aromatic amines is 1. The van der Waals surface area contributed by atoms with E-state index in [1.54, 1.807) is 0 Å². The van der Waals surface area contributed by atoms with E-state index in [1.165, 1.54) is 12.1 Å². The van der Waals surface area contributed by atoms with Crippen LogP contribution in [0.25, 0.3) is 0 Å². The molecule has 0 spiro atoms. The van der Waals surface area contributed by atoms with Crippen LogP contribution in [0.4, 0.5) is 5.82 Å². The summed E-state index contributed by atoms with van der Waals surface area (Å²) >= 11 is 0. The molecule has 0 saturated carbocycles. The maximum atomic E-state index is 4.42. The average molecular weight is 222 g/mol. The normalized spacial score (nSPS) is 19.5. The number of H-pyrrole nitrogens is 1. The highest BCUT2D eigenvalue weighted by atomic mass is 15.3. The van der Waals surface area contributed by atoms with E-state index in [0.717, 1.165) is 38.4 Å². The third-order valence-corrected chi connectivity index (χ3v) is 3.39. The van der Waals surface area contributed by atoms with Crippen molar-refractivity contribution in [3.05, 3.63) is 11.8 Å². The standard InChI is InChI=1S/C12H22N4/c1-3-10(2)11-9-12(15-14-11)16-7-4-5-13-6-8-16/h9-10,13H,3-8H2,1-2H3,(H,14,15). The number of hydrogen-bond donors (Lipinski definition) is 2. The van der Waals surface area contributed by atoms with Gasteiger partial charge in [-0.25, -0.2) is 0 Å². The quantitative estimate of drug-likeness (QED) is 0.818. The van der Waals surface area contributed by atoms with Crippen LogP contribution >= 0.6 is 0 Å². The third kappa shape index (κ3) is 2.55. The molecule has 2 N–H and O–H groups in total. The Labute approximate surface area is 97.4 Å². The molecule has 4 heteroatoms. The van der Waals surface area contributed by atoms with Gasteiger partial charge in [-0.15, -0.1) is 0 Å². The molecule has 1 unspecified atom stereocenters. The van der Waals surface area contributed by atoms with Gasteiger partial charge in [0.2, 0.25) is 0 Å². The Hall–Kier alpha value is -1.03. The number of anilines is 1. The van der Waals surface area contributed by atoms with Crippen LogP contribution in [0.15, 0.2) is 6.07 Å². The van der Waals surface area contributed by atoms with Crippen molar-refractivity contribution in [3.8, 4) is 0 Å². The Bertz CT molecular complexity index is 313. The van der Waals surface area contributed by atoms with Crippen LogP contribution in [0.1, 0.15) is 38.3 Å². The fourth-order valence-electron chi connectivity index (χ4n) is 2.03. The zero-order valence-electron chi connectivity index (χ0n) is 10.3. The first-order chi connectivity index (χ1) is 7.81. The van der Waals surface area contributed by atoms with Crippen molar-refractivity contribution in [1.29, 1.82) is 0 Å². The largest absolute Gasteiger partial charge is 0.354 e. The monoisotopic (exact) mass is 222 g/mol. The number of rotatable bonds is 3. The molecule has 0 amide bonds. The second kappa shape index (κ2) is 5.34. The molecule has 1 aromatic heterocycles. The van der Waals surface area contributed by atoms with Gasteiger partial charge in [0.25, 0.3) is 0 Å². The third-order valence-electron chi connectivity index (χ3n) is 3.39. The minimum Gasteiger partial charge on any atom is -0.354 e. The van der Waals surface area contributed by atoms with Crippen LogP contribution in [-0.2, 0) is 0 Å². The number of nitrogens with zero attached hydrogens (tertiary/aromatic N) is 2. The molecular weight excluding hydrogens is 200 g/mol. The van der Waals surface area contributed by atoms with Gasteiger partial charge in [-0.1, -0.05) is 13.8 Å². The van der Waals surface area contributed by atoms with Crippen LogP contribution < -0.4 is 10.2 Å². The molecule has 0 bridgehead atoms. The highest BCUT2D eigenvalue weighted by Crippen LogP contribution is 2.21. The summed E-state index contributed by atoms with van der Waals surface area (Å²) in [6.07, 6.45) is 2.36. The first-order valence-electron chi connectivity index (χ1n) is 6.32. The van der Waals surface area contributed by atoms with E-state index in [2.05, 4.69) is 40.3 Å². The lowest BCUT2D eigenvalue weighted by Crippen LogP contribution is -2.28. The molecule has 1 aliphatic heterocycles. The molecule has 16 heavy (non-hydrogen) atoms. The molecule has 90 valence electrons. The molecule has 1 saturated heterocycles. The van der Waals surface area contributed by atoms with E-state index in [0.29, 0.717) is 5.92 Å². The lowest BCUT2D eigenvalue weighted by atomic mass is 10.1. The lowest BCUT2D eigenvalue weighted by Gasteiger charge is -2.18. The number of hydrogen-bond acceptors (Lipinski definition) is 3. The fraction of sp³-hybridized carbons (Fsp3) is 0.750. The minimum absolute atomic E-state index is 0.575. The molecule has 1 fully saturated rings. The summed E-state index contributed by atoms with van der Waals surface area (Å²) in [6.45, 7) is 8.80. The number of aromatic nitrogens is 2. The van der Waals surface area contributed by atoms with Crippen molar-refractivity contribution in [3.63, 3.8) is 0 Å². The van der Waals surface area contributed by atoms with Crippen molar-refractivity contribution >= 4 is 5.82 Å². The Morgan fingerprint density at radius 2 is 2.31 bits per heavy atom. The second-order valence-electron chi connectivity index (χ2n) is 4.58. The Kier molecular flexibility index (Phi) is 3.83. The van der Waals surface area contributed by atoms with E-state index in [4.69, 9.17) is 0 Å². The maximum Gasteiger partial charge on any atom is 0.150 e. The van der Waals surface area contributed by atoms with Crippen LogP contribution in [0.3, 0.4) is 0 Å². The maximum absolute atomic E-state index is 4.42. The molecule has 1 aliphatic rings. The van der Waals surface area contributed by atoms with E-state index in [9.17, 15) is 0 Å². The minimum atomic E-state index is 0.575. The molecule has 1 atom stereocenters. The predicted molar refractivity (Wildman–Crippen MR) is 67.0 cm³/mol. The van der Waals surface area contributed by atoms with Gasteiger partial charge in [0.05, 0.1) is 0 Å². The first-order valence-corrected chi connectivity index (χ1v) is 6.32.